The van der Waals surface area contributed by atoms with Crippen LogP contribution in [0.3, 0.4) is 0 Å². The van der Waals surface area contributed by atoms with E-state index >= 15 is 0 Å². The summed E-state index contributed by atoms with van der Waals surface area (Å²) in [5.41, 5.74) is 0.767. The van der Waals surface area contributed by atoms with Crippen LogP contribution in [0.25, 0.3) is 0 Å². The van der Waals surface area contributed by atoms with Gasteiger partial charge in [-0.25, -0.2) is 8.42 Å². The number of aryl methyl sites for hydroxylation is 2. The SMILES string of the molecule is Cc1noc(C)c1S(=O)(=O)N1CCCN(C(=O)c2cccc3c2OCO3)CC1. The highest BCUT2D eigenvalue weighted by atomic mass is 32.2. The predicted molar refractivity (Wildman–Crippen MR) is 97.8 cm³/mol. The van der Waals surface area contributed by atoms with Crippen molar-refractivity contribution in [3.05, 3.63) is 35.2 Å². The molecular weight excluding hydrogens is 386 g/mol. The lowest BCUT2D eigenvalue weighted by Crippen LogP contribution is -2.37. The molecule has 1 fully saturated rings. The quantitative estimate of drug-likeness (QED) is 0.761. The van der Waals surface area contributed by atoms with Gasteiger partial charge in [-0.1, -0.05) is 11.2 Å². The highest BCUT2D eigenvalue weighted by Gasteiger charge is 2.34. The summed E-state index contributed by atoms with van der Waals surface area (Å²) in [6, 6.07) is 5.19. The molecule has 0 radical (unpaired) electrons. The predicted octanol–water partition coefficient (Wildman–Crippen LogP) is 1.56. The number of carbonyl (C=O) groups excluding carboxylic acids is 1. The van der Waals surface area contributed by atoms with Crippen molar-refractivity contribution in [2.24, 2.45) is 0 Å². The number of benzene rings is 1. The van der Waals surface area contributed by atoms with Crippen molar-refractivity contribution in [1.82, 2.24) is 14.4 Å². The number of fused-ring (bicyclic) bond motifs is 1. The van der Waals surface area contributed by atoms with Crippen LogP contribution in [0.1, 0.15) is 28.2 Å². The first kappa shape index (κ1) is 18.8. The van der Waals surface area contributed by atoms with Crippen LogP contribution in [-0.4, -0.2) is 61.7 Å². The second kappa shape index (κ2) is 7.10. The van der Waals surface area contributed by atoms with Crippen LogP contribution in [0.15, 0.2) is 27.6 Å². The molecule has 0 bridgehead atoms. The minimum atomic E-state index is -3.73. The summed E-state index contributed by atoms with van der Waals surface area (Å²) in [5, 5.41) is 3.75. The lowest BCUT2D eigenvalue weighted by Gasteiger charge is -2.22. The van der Waals surface area contributed by atoms with E-state index in [1.165, 1.54) is 4.31 Å². The molecule has 10 heteroatoms. The van der Waals surface area contributed by atoms with Crippen molar-refractivity contribution in [2.75, 3.05) is 33.0 Å². The van der Waals surface area contributed by atoms with Crippen molar-refractivity contribution in [2.45, 2.75) is 25.2 Å². The van der Waals surface area contributed by atoms with E-state index in [1.54, 1.807) is 36.9 Å². The van der Waals surface area contributed by atoms with Gasteiger partial charge in [0.05, 0.1) is 5.56 Å². The Hall–Kier alpha value is -2.59. The lowest BCUT2D eigenvalue weighted by atomic mass is 10.1. The Morgan fingerprint density at radius 1 is 1.11 bits per heavy atom. The van der Waals surface area contributed by atoms with E-state index in [0.29, 0.717) is 42.3 Å². The standard InChI is InChI=1S/C18H21N3O6S/c1-12-17(13(2)27-19-12)28(23,24)21-8-4-7-20(9-10-21)18(22)14-5-3-6-15-16(14)26-11-25-15/h3,5-6H,4,7-11H2,1-2H3. The smallest absolute Gasteiger partial charge is 0.257 e. The minimum absolute atomic E-state index is 0.0864. The van der Waals surface area contributed by atoms with Crippen LogP contribution in [0, 0.1) is 13.8 Å². The summed E-state index contributed by atoms with van der Waals surface area (Å²) in [5.74, 6) is 1.06. The normalized spacial score (nSPS) is 17.6. The fourth-order valence-electron chi connectivity index (χ4n) is 3.58. The molecule has 2 aliphatic heterocycles. The van der Waals surface area contributed by atoms with Gasteiger partial charge in [0.2, 0.25) is 16.8 Å². The molecule has 0 spiro atoms. The van der Waals surface area contributed by atoms with E-state index < -0.39 is 10.0 Å². The Morgan fingerprint density at radius 2 is 1.93 bits per heavy atom. The van der Waals surface area contributed by atoms with Gasteiger partial charge in [0, 0.05) is 26.2 Å². The summed E-state index contributed by atoms with van der Waals surface area (Å²) in [7, 11) is -3.73. The van der Waals surface area contributed by atoms with E-state index in [9.17, 15) is 13.2 Å². The molecule has 0 saturated carbocycles. The number of nitrogens with zero attached hydrogens (tertiary/aromatic N) is 3. The maximum atomic E-state index is 13.0. The lowest BCUT2D eigenvalue weighted by molar-refractivity contribution is 0.0759. The molecule has 1 saturated heterocycles. The van der Waals surface area contributed by atoms with Gasteiger partial charge in [0.1, 0.15) is 10.6 Å². The van der Waals surface area contributed by atoms with E-state index in [1.807, 2.05) is 0 Å². The Morgan fingerprint density at radius 3 is 2.68 bits per heavy atom. The van der Waals surface area contributed by atoms with E-state index in [0.717, 1.165) is 0 Å². The first-order chi connectivity index (χ1) is 13.4. The van der Waals surface area contributed by atoms with Crippen molar-refractivity contribution in [3.63, 3.8) is 0 Å². The van der Waals surface area contributed by atoms with E-state index in [4.69, 9.17) is 14.0 Å². The Labute approximate surface area is 162 Å². The highest BCUT2D eigenvalue weighted by molar-refractivity contribution is 7.89. The monoisotopic (exact) mass is 407 g/mol. The molecule has 9 nitrogen and oxygen atoms in total. The van der Waals surface area contributed by atoms with Crippen molar-refractivity contribution < 1.29 is 27.2 Å². The van der Waals surface area contributed by atoms with E-state index in [2.05, 4.69) is 5.16 Å². The number of aromatic nitrogens is 1. The molecule has 1 aromatic heterocycles. The van der Waals surface area contributed by atoms with Crippen molar-refractivity contribution in [1.29, 1.82) is 0 Å². The van der Waals surface area contributed by atoms with Crippen molar-refractivity contribution in [3.8, 4) is 11.5 Å². The zero-order valence-electron chi connectivity index (χ0n) is 15.7. The molecule has 1 aromatic carbocycles. The number of ether oxygens (including phenoxy) is 2. The maximum absolute atomic E-state index is 13.0. The van der Waals surface area contributed by atoms with Gasteiger partial charge in [0.25, 0.3) is 5.91 Å². The number of rotatable bonds is 3. The summed E-state index contributed by atoms with van der Waals surface area (Å²) >= 11 is 0. The summed E-state index contributed by atoms with van der Waals surface area (Å²) in [6.07, 6.45) is 0.528. The first-order valence-corrected chi connectivity index (χ1v) is 10.4. The van der Waals surface area contributed by atoms with Crippen LogP contribution >= 0.6 is 0 Å². The van der Waals surface area contributed by atoms with Gasteiger partial charge in [-0.2, -0.15) is 4.31 Å². The second-order valence-corrected chi connectivity index (χ2v) is 8.62. The highest BCUT2D eigenvalue weighted by Crippen LogP contribution is 2.36. The number of amides is 1. The minimum Gasteiger partial charge on any atom is -0.454 e. The number of hydrogen-bond donors (Lipinski definition) is 0. The summed E-state index contributed by atoms with van der Waals surface area (Å²) < 4.78 is 43.2. The van der Waals surface area contributed by atoms with Crippen LogP contribution in [0.4, 0.5) is 0 Å². The molecule has 2 aromatic rings. The van der Waals surface area contributed by atoms with Crippen molar-refractivity contribution >= 4 is 15.9 Å². The molecule has 0 unspecified atom stereocenters. The van der Waals surface area contributed by atoms with Gasteiger partial charge in [-0.15, -0.1) is 0 Å². The molecule has 4 rings (SSSR count). The maximum Gasteiger partial charge on any atom is 0.257 e. The summed E-state index contributed by atoms with van der Waals surface area (Å²) in [4.78, 5) is 14.8. The Kier molecular flexibility index (Phi) is 4.76. The number of hydrogen-bond acceptors (Lipinski definition) is 7. The third-order valence-corrected chi connectivity index (χ3v) is 7.08. The van der Waals surface area contributed by atoms with Gasteiger partial charge >= 0.3 is 0 Å². The van der Waals surface area contributed by atoms with Crippen LogP contribution < -0.4 is 9.47 Å². The Bertz CT molecular complexity index is 997. The van der Waals surface area contributed by atoms with Crippen LogP contribution in [0.2, 0.25) is 0 Å². The molecule has 1 amide bonds. The Balaban J connectivity index is 1.53. The second-order valence-electron chi connectivity index (χ2n) is 6.74. The number of carbonyl (C=O) groups is 1. The molecule has 3 heterocycles. The van der Waals surface area contributed by atoms with Gasteiger partial charge in [0.15, 0.2) is 17.3 Å². The van der Waals surface area contributed by atoms with Gasteiger partial charge < -0.3 is 18.9 Å². The molecule has 0 N–H and O–H groups in total. The first-order valence-electron chi connectivity index (χ1n) is 9.00. The molecule has 28 heavy (non-hydrogen) atoms. The van der Waals surface area contributed by atoms with Crippen LogP contribution in [-0.2, 0) is 10.0 Å². The molecular formula is C18H21N3O6S. The number of para-hydroxylation sites is 1. The number of sulfonamides is 1. The average molecular weight is 407 g/mol. The zero-order valence-corrected chi connectivity index (χ0v) is 16.5. The zero-order chi connectivity index (χ0) is 19.9. The molecule has 2 aliphatic rings. The van der Waals surface area contributed by atoms with Crippen LogP contribution in [0.5, 0.6) is 11.5 Å². The average Bonchev–Trinajstić information content (AvgIpc) is 3.18. The third kappa shape index (κ3) is 3.12. The fraction of sp³-hybridized carbons (Fsp3) is 0.444. The van der Waals surface area contributed by atoms with Gasteiger partial charge in [-0.05, 0) is 32.4 Å². The summed E-state index contributed by atoms with van der Waals surface area (Å²) in [6.45, 7) is 4.53. The third-order valence-electron chi connectivity index (χ3n) is 4.93. The molecule has 0 atom stereocenters. The fourth-order valence-corrected chi connectivity index (χ4v) is 5.34. The van der Waals surface area contributed by atoms with E-state index in [-0.39, 0.29) is 36.4 Å². The topological polar surface area (TPSA) is 102 Å². The molecule has 0 aliphatic carbocycles. The molecule has 150 valence electrons. The van der Waals surface area contributed by atoms with Gasteiger partial charge in [-0.3, -0.25) is 4.79 Å². The largest absolute Gasteiger partial charge is 0.454 e.